The van der Waals surface area contributed by atoms with Crippen molar-refractivity contribution in [1.29, 1.82) is 0 Å². The minimum absolute atomic E-state index is 0.0386. The van der Waals surface area contributed by atoms with Gasteiger partial charge in [0.05, 0.1) is 5.02 Å². The van der Waals surface area contributed by atoms with Crippen LogP contribution in [0.2, 0.25) is 5.02 Å². The van der Waals surface area contributed by atoms with Gasteiger partial charge in [-0.1, -0.05) is 29.8 Å². The molecule has 0 aliphatic carbocycles. The van der Waals surface area contributed by atoms with E-state index in [0.29, 0.717) is 6.42 Å². The molecule has 0 bridgehead atoms. The van der Waals surface area contributed by atoms with E-state index in [4.69, 9.17) is 16.7 Å². The second-order valence-corrected chi connectivity index (χ2v) is 4.30. The van der Waals surface area contributed by atoms with Crippen LogP contribution >= 0.6 is 11.6 Å². The minimum atomic E-state index is -0.640. The van der Waals surface area contributed by atoms with Gasteiger partial charge in [-0.3, -0.25) is 0 Å². The maximum absolute atomic E-state index is 13.8. The molecule has 0 saturated carbocycles. The fraction of sp³-hybridized carbons (Fsp3) is 0.143. The Morgan fingerprint density at radius 2 is 1.83 bits per heavy atom. The van der Waals surface area contributed by atoms with E-state index in [1.54, 1.807) is 12.1 Å². The Bertz CT molecular complexity index is 570. The summed E-state index contributed by atoms with van der Waals surface area (Å²) in [6.45, 7) is -0.0386. The lowest BCUT2D eigenvalue weighted by Gasteiger charge is -2.08. The van der Waals surface area contributed by atoms with Crippen LogP contribution in [0.25, 0.3) is 11.1 Å². The fourth-order valence-corrected chi connectivity index (χ4v) is 1.95. The Hall–Kier alpha value is -1.45. The second kappa shape index (κ2) is 5.46. The third-order valence-corrected chi connectivity index (χ3v) is 2.96. The molecule has 1 N–H and O–H groups in total. The molecule has 2 aromatic rings. The van der Waals surface area contributed by atoms with Crippen molar-refractivity contribution in [2.45, 2.75) is 6.42 Å². The average molecular weight is 269 g/mol. The zero-order valence-corrected chi connectivity index (χ0v) is 10.2. The summed E-state index contributed by atoms with van der Waals surface area (Å²) in [7, 11) is 0. The second-order valence-electron chi connectivity index (χ2n) is 3.89. The van der Waals surface area contributed by atoms with Crippen molar-refractivity contribution in [1.82, 2.24) is 0 Å². The van der Waals surface area contributed by atoms with Gasteiger partial charge in [0.1, 0.15) is 11.6 Å². The van der Waals surface area contributed by atoms with Crippen LogP contribution in [0.3, 0.4) is 0 Å². The van der Waals surface area contributed by atoms with Crippen LogP contribution in [0.5, 0.6) is 0 Å². The van der Waals surface area contributed by atoms with Crippen LogP contribution in [0.15, 0.2) is 36.4 Å². The highest BCUT2D eigenvalue weighted by Crippen LogP contribution is 2.30. The molecular formula is C14H11ClF2O. The number of rotatable bonds is 3. The number of aliphatic hydroxyl groups excluding tert-OH is 1. The smallest absolute Gasteiger partial charge is 0.149 e. The maximum atomic E-state index is 13.8. The summed E-state index contributed by atoms with van der Waals surface area (Å²) in [5, 5.41) is 8.82. The molecule has 0 heterocycles. The van der Waals surface area contributed by atoms with E-state index >= 15 is 0 Å². The van der Waals surface area contributed by atoms with Crippen LogP contribution in [-0.4, -0.2) is 11.7 Å². The van der Waals surface area contributed by atoms with Crippen molar-refractivity contribution in [3.05, 3.63) is 58.6 Å². The highest BCUT2D eigenvalue weighted by molar-refractivity contribution is 6.31. The lowest BCUT2D eigenvalue weighted by molar-refractivity contribution is 0.299. The third-order valence-electron chi connectivity index (χ3n) is 2.67. The zero-order chi connectivity index (χ0) is 13.1. The van der Waals surface area contributed by atoms with E-state index in [0.717, 1.165) is 5.56 Å². The Balaban J connectivity index is 2.55. The monoisotopic (exact) mass is 268 g/mol. The topological polar surface area (TPSA) is 20.2 Å². The summed E-state index contributed by atoms with van der Waals surface area (Å²) in [4.78, 5) is 0. The summed E-state index contributed by atoms with van der Waals surface area (Å²) in [5.74, 6) is -1.16. The first-order valence-corrected chi connectivity index (χ1v) is 5.85. The lowest BCUT2D eigenvalue weighted by atomic mass is 10.0. The zero-order valence-electron chi connectivity index (χ0n) is 9.46. The minimum Gasteiger partial charge on any atom is -0.396 e. The van der Waals surface area contributed by atoms with E-state index in [1.165, 1.54) is 24.3 Å². The van der Waals surface area contributed by atoms with Gasteiger partial charge < -0.3 is 5.11 Å². The number of halogens is 3. The number of aliphatic hydroxyl groups is 1. The van der Waals surface area contributed by atoms with Gasteiger partial charge in [-0.05, 0) is 30.2 Å². The van der Waals surface area contributed by atoms with Crippen molar-refractivity contribution >= 4 is 11.6 Å². The molecule has 0 radical (unpaired) electrons. The first-order chi connectivity index (χ1) is 8.63. The van der Waals surface area contributed by atoms with Crippen molar-refractivity contribution in [3.8, 4) is 11.1 Å². The molecule has 0 amide bonds. The van der Waals surface area contributed by atoms with Crippen molar-refractivity contribution in [2.75, 3.05) is 6.61 Å². The number of hydrogen-bond donors (Lipinski definition) is 1. The normalized spacial score (nSPS) is 10.7. The molecule has 0 unspecified atom stereocenters. The van der Waals surface area contributed by atoms with E-state index in [1.807, 2.05) is 0 Å². The van der Waals surface area contributed by atoms with Gasteiger partial charge in [0.15, 0.2) is 0 Å². The quantitative estimate of drug-likeness (QED) is 0.897. The van der Waals surface area contributed by atoms with Crippen LogP contribution in [0.4, 0.5) is 8.78 Å². The third kappa shape index (κ3) is 2.52. The molecule has 4 heteroatoms. The number of benzene rings is 2. The molecule has 0 aliphatic heterocycles. The molecule has 18 heavy (non-hydrogen) atoms. The first kappa shape index (κ1) is 13.0. The Kier molecular flexibility index (Phi) is 3.94. The summed E-state index contributed by atoms with van der Waals surface area (Å²) in [6.07, 6.45) is 0.398. The Labute approximate surface area is 109 Å². The van der Waals surface area contributed by atoms with Crippen molar-refractivity contribution in [3.63, 3.8) is 0 Å². The van der Waals surface area contributed by atoms with E-state index in [-0.39, 0.29) is 22.8 Å². The van der Waals surface area contributed by atoms with Gasteiger partial charge in [0, 0.05) is 17.7 Å². The molecule has 0 aromatic heterocycles. The molecule has 0 atom stereocenters. The van der Waals surface area contributed by atoms with Crippen molar-refractivity contribution in [2.24, 2.45) is 0 Å². The highest BCUT2D eigenvalue weighted by Gasteiger charge is 2.13. The molecule has 0 spiro atoms. The van der Waals surface area contributed by atoms with Crippen molar-refractivity contribution < 1.29 is 13.9 Å². The van der Waals surface area contributed by atoms with Crippen LogP contribution in [-0.2, 0) is 6.42 Å². The molecule has 0 aliphatic rings. The molecular weight excluding hydrogens is 258 g/mol. The van der Waals surface area contributed by atoms with E-state index in [9.17, 15) is 8.78 Å². The maximum Gasteiger partial charge on any atom is 0.149 e. The van der Waals surface area contributed by atoms with E-state index in [2.05, 4.69) is 0 Å². The SMILES string of the molecule is OCCc1ccc(F)c(-c2cccc(Cl)c2F)c1. The standard InChI is InChI=1S/C14H11ClF2O/c15-12-3-1-2-10(14(12)17)11-8-9(6-7-18)4-5-13(11)16/h1-5,8,18H,6-7H2. The molecule has 0 fully saturated rings. The van der Waals surface area contributed by atoms with Gasteiger partial charge in [-0.2, -0.15) is 0 Å². The predicted octanol–water partition coefficient (Wildman–Crippen LogP) is 3.82. The van der Waals surface area contributed by atoms with Gasteiger partial charge in [0.2, 0.25) is 0 Å². The average Bonchev–Trinajstić information content (AvgIpc) is 2.36. The van der Waals surface area contributed by atoms with E-state index < -0.39 is 11.6 Å². The first-order valence-electron chi connectivity index (χ1n) is 5.47. The van der Waals surface area contributed by atoms with Crippen LogP contribution in [0.1, 0.15) is 5.56 Å². The predicted molar refractivity (Wildman–Crippen MR) is 67.6 cm³/mol. The summed E-state index contributed by atoms with van der Waals surface area (Å²) < 4.78 is 27.6. The van der Waals surface area contributed by atoms with Gasteiger partial charge >= 0.3 is 0 Å². The number of hydrogen-bond acceptors (Lipinski definition) is 1. The summed E-state index contributed by atoms with van der Waals surface area (Å²) >= 11 is 5.68. The molecule has 2 aromatic carbocycles. The largest absolute Gasteiger partial charge is 0.396 e. The molecule has 1 nitrogen and oxygen atoms in total. The summed E-state index contributed by atoms with van der Waals surface area (Å²) in [5.41, 5.74) is 1.02. The highest BCUT2D eigenvalue weighted by atomic mass is 35.5. The lowest BCUT2D eigenvalue weighted by Crippen LogP contribution is -1.95. The molecule has 0 saturated heterocycles. The van der Waals surface area contributed by atoms with Crippen LogP contribution in [0, 0.1) is 11.6 Å². The van der Waals surface area contributed by atoms with Gasteiger partial charge in [-0.15, -0.1) is 0 Å². The Morgan fingerprint density at radius 1 is 1.06 bits per heavy atom. The molecule has 2 rings (SSSR count). The Morgan fingerprint density at radius 3 is 2.56 bits per heavy atom. The van der Waals surface area contributed by atoms with Gasteiger partial charge in [-0.25, -0.2) is 8.78 Å². The molecule has 94 valence electrons. The van der Waals surface area contributed by atoms with Crippen LogP contribution < -0.4 is 0 Å². The van der Waals surface area contributed by atoms with Gasteiger partial charge in [0.25, 0.3) is 0 Å². The fourth-order valence-electron chi connectivity index (χ4n) is 1.78. The summed E-state index contributed by atoms with van der Waals surface area (Å²) in [6, 6.07) is 8.82.